The number of hydrogen-bond acceptors (Lipinski definition) is 3. The lowest BCUT2D eigenvalue weighted by molar-refractivity contribution is 0.531. The van der Waals surface area contributed by atoms with Gasteiger partial charge in [0.15, 0.2) is 0 Å². The van der Waals surface area contributed by atoms with Crippen molar-refractivity contribution in [3.05, 3.63) is 35.4 Å². The van der Waals surface area contributed by atoms with E-state index in [9.17, 15) is 4.55 Å². The Labute approximate surface area is 106 Å². The SMILES string of the molecule is C[C@H](N[S@+]([O-])C(C)(C)C)c1ccc(C#N)cc1. The molecule has 0 radical (unpaired) electrons. The van der Waals surface area contributed by atoms with Crippen LogP contribution in [0.25, 0.3) is 0 Å². The van der Waals surface area contributed by atoms with E-state index < -0.39 is 11.4 Å². The number of nitrogens with one attached hydrogen (secondary N) is 1. The van der Waals surface area contributed by atoms with Crippen LogP contribution in [0.2, 0.25) is 0 Å². The molecule has 0 unspecified atom stereocenters. The second-order valence-corrected chi connectivity index (χ2v) is 6.95. The van der Waals surface area contributed by atoms with Crippen LogP contribution in [0.15, 0.2) is 24.3 Å². The van der Waals surface area contributed by atoms with Gasteiger partial charge in [0.25, 0.3) is 0 Å². The number of nitrogens with zero attached hydrogens (tertiary/aromatic N) is 1. The summed E-state index contributed by atoms with van der Waals surface area (Å²) in [7, 11) is 0. The fourth-order valence-electron chi connectivity index (χ4n) is 1.25. The first-order valence-corrected chi connectivity index (χ1v) is 6.67. The van der Waals surface area contributed by atoms with E-state index in [1.807, 2.05) is 39.8 Å². The third-order valence-corrected chi connectivity index (χ3v) is 4.06. The van der Waals surface area contributed by atoms with Gasteiger partial charge in [0.1, 0.15) is 4.75 Å². The Morgan fingerprint density at radius 3 is 2.24 bits per heavy atom. The molecule has 0 amide bonds. The van der Waals surface area contributed by atoms with Crippen molar-refractivity contribution in [3.8, 4) is 6.07 Å². The Morgan fingerprint density at radius 2 is 1.82 bits per heavy atom. The second-order valence-electron chi connectivity index (χ2n) is 4.95. The van der Waals surface area contributed by atoms with E-state index >= 15 is 0 Å². The zero-order chi connectivity index (χ0) is 13.1. The van der Waals surface area contributed by atoms with Gasteiger partial charge in [0.05, 0.1) is 17.7 Å². The Bertz CT molecular complexity index is 403. The summed E-state index contributed by atoms with van der Waals surface area (Å²) in [6.07, 6.45) is 0. The van der Waals surface area contributed by atoms with E-state index in [1.54, 1.807) is 12.1 Å². The highest BCUT2D eigenvalue weighted by molar-refractivity contribution is 7.90. The third-order valence-electron chi connectivity index (χ3n) is 2.38. The Balaban J connectivity index is 2.70. The topological polar surface area (TPSA) is 58.9 Å². The summed E-state index contributed by atoms with van der Waals surface area (Å²) in [5.74, 6) is 0. The average molecular weight is 250 g/mol. The first kappa shape index (κ1) is 14.0. The molecule has 0 spiro atoms. The molecule has 1 aromatic carbocycles. The molecule has 1 N–H and O–H groups in total. The van der Waals surface area contributed by atoms with E-state index in [0.717, 1.165) is 5.56 Å². The minimum Gasteiger partial charge on any atom is -0.598 e. The van der Waals surface area contributed by atoms with Crippen LogP contribution in [0.5, 0.6) is 0 Å². The van der Waals surface area contributed by atoms with Crippen LogP contribution >= 0.6 is 0 Å². The summed E-state index contributed by atoms with van der Waals surface area (Å²) in [6.45, 7) is 7.76. The summed E-state index contributed by atoms with van der Waals surface area (Å²) in [4.78, 5) is 0. The van der Waals surface area contributed by atoms with E-state index in [2.05, 4.69) is 10.8 Å². The minimum absolute atomic E-state index is 0.00259. The Hall–Kier alpha value is -1.02. The zero-order valence-electron chi connectivity index (χ0n) is 10.7. The van der Waals surface area contributed by atoms with Gasteiger partial charge in [0, 0.05) is 11.4 Å². The van der Waals surface area contributed by atoms with Crippen molar-refractivity contribution in [3.63, 3.8) is 0 Å². The van der Waals surface area contributed by atoms with Gasteiger partial charge >= 0.3 is 0 Å². The predicted octanol–water partition coefficient (Wildman–Crippen LogP) is 2.67. The molecular weight excluding hydrogens is 232 g/mol. The molecule has 17 heavy (non-hydrogen) atoms. The number of benzene rings is 1. The monoisotopic (exact) mass is 250 g/mol. The third kappa shape index (κ3) is 4.04. The van der Waals surface area contributed by atoms with Gasteiger partial charge in [0.2, 0.25) is 0 Å². The van der Waals surface area contributed by atoms with Gasteiger partial charge in [-0.2, -0.15) is 5.26 Å². The molecule has 1 aromatic rings. The maximum atomic E-state index is 11.9. The molecule has 0 aromatic heterocycles. The number of rotatable bonds is 3. The van der Waals surface area contributed by atoms with Gasteiger partial charge in [-0.15, -0.1) is 4.72 Å². The Kier molecular flexibility index (Phi) is 4.58. The zero-order valence-corrected chi connectivity index (χ0v) is 11.5. The molecule has 0 bridgehead atoms. The molecule has 0 saturated carbocycles. The highest BCUT2D eigenvalue weighted by Crippen LogP contribution is 2.19. The van der Waals surface area contributed by atoms with E-state index in [1.165, 1.54) is 0 Å². The van der Waals surface area contributed by atoms with E-state index in [0.29, 0.717) is 5.56 Å². The lowest BCUT2D eigenvalue weighted by Gasteiger charge is -2.26. The molecule has 0 saturated heterocycles. The van der Waals surface area contributed by atoms with Crippen molar-refractivity contribution in [2.75, 3.05) is 0 Å². The van der Waals surface area contributed by atoms with Gasteiger partial charge in [-0.1, -0.05) is 12.1 Å². The second kappa shape index (κ2) is 5.54. The highest BCUT2D eigenvalue weighted by Gasteiger charge is 2.28. The molecule has 4 heteroatoms. The smallest absolute Gasteiger partial charge is 0.136 e. The molecular formula is C13H18N2OS. The molecule has 0 aliphatic heterocycles. The minimum atomic E-state index is -1.09. The van der Waals surface area contributed by atoms with Crippen LogP contribution in [-0.2, 0) is 11.4 Å². The summed E-state index contributed by atoms with van der Waals surface area (Å²) in [6, 6.07) is 9.39. The first-order valence-electron chi connectivity index (χ1n) is 5.52. The van der Waals surface area contributed by atoms with Gasteiger partial charge < -0.3 is 4.55 Å². The molecule has 2 atom stereocenters. The van der Waals surface area contributed by atoms with Crippen LogP contribution in [0.1, 0.15) is 44.9 Å². The van der Waals surface area contributed by atoms with Crippen molar-refractivity contribution < 1.29 is 4.55 Å². The molecule has 0 aliphatic carbocycles. The van der Waals surface area contributed by atoms with Crippen LogP contribution in [-0.4, -0.2) is 9.30 Å². The fraction of sp³-hybridized carbons (Fsp3) is 0.462. The van der Waals surface area contributed by atoms with Crippen LogP contribution in [0.4, 0.5) is 0 Å². The summed E-state index contributed by atoms with van der Waals surface area (Å²) in [5.41, 5.74) is 1.67. The van der Waals surface area contributed by atoms with Gasteiger partial charge in [-0.25, -0.2) is 0 Å². The average Bonchev–Trinajstić information content (AvgIpc) is 2.27. The molecule has 3 nitrogen and oxygen atoms in total. The highest BCUT2D eigenvalue weighted by atomic mass is 32.2. The van der Waals surface area contributed by atoms with Crippen molar-refractivity contribution in [1.82, 2.24) is 4.72 Å². The summed E-state index contributed by atoms with van der Waals surface area (Å²) >= 11 is -1.09. The summed E-state index contributed by atoms with van der Waals surface area (Å²) < 4.78 is 14.7. The lowest BCUT2D eigenvalue weighted by Crippen LogP contribution is -2.40. The summed E-state index contributed by atoms with van der Waals surface area (Å²) in [5, 5.41) is 8.70. The molecule has 1 rings (SSSR count). The van der Waals surface area contributed by atoms with E-state index in [4.69, 9.17) is 5.26 Å². The van der Waals surface area contributed by atoms with Crippen molar-refractivity contribution >= 4 is 11.4 Å². The van der Waals surface area contributed by atoms with Crippen molar-refractivity contribution in [2.24, 2.45) is 0 Å². The normalized spacial score (nSPS) is 15.1. The van der Waals surface area contributed by atoms with Crippen molar-refractivity contribution in [1.29, 1.82) is 5.26 Å². The van der Waals surface area contributed by atoms with Crippen LogP contribution in [0, 0.1) is 11.3 Å². The maximum absolute atomic E-state index is 11.9. The standard InChI is InChI=1S/C13H18N2OS/c1-10(15-17(16)13(2,3)4)12-7-5-11(9-14)6-8-12/h5-8,10,15H,1-4H3/t10-,17+/m0/s1. The molecule has 92 valence electrons. The van der Waals surface area contributed by atoms with E-state index in [-0.39, 0.29) is 10.8 Å². The van der Waals surface area contributed by atoms with Crippen molar-refractivity contribution in [2.45, 2.75) is 38.5 Å². The predicted molar refractivity (Wildman–Crippen MR) is 70.6 cm³/mol. The number of nitriles is 1. The largest absolute Gasteiger partial charge is 0.598 e. The Morgan fingerprint density at radius 1 is 1.29 bits per heavy atom. The molecule has 0 aliphatic rings. The maximum Gasteiger partial charge on any atom is 0.136 e. The van der Waals surface area contributed by atoms with Crippen LogP contribution < -0.4 is 4.72 Å². The van der Waals surface area contributed by atoms with Gasteiger partial charge in [-0.3, -0.25) is 0 Å². The first-order chi connectivity index (χ1) is 7.84. The lowest BCUT2D eigenvalue weighted by atomic mass is 10.1. The van der Waals surface area contributed by atoms with Crippen LogP contribution in [0.3, 0.4) is 0 Å². The van der Waals surface area contributed by atoms with Gasteiger partial charge in [-0.05, 0) is 45.4 Å². The molecule has 0 fully saturated rings. The number of hydrogen-bond donors (Lipinski definition) is 1. The fourth-order valence-corrected chi connectivity index (χ4v) is 2.06. The quantitative estimate of drug-likeness (QED) is 0.839. The molecule has 0 heterocycles.